The Hall–Kier alpha value is -5.51. The molecule has 0 saturated heterocycles. The molecule has 1 amide bonds. The number of esters is 1. The number of aryl methyl sites for hydroxylation is 1. The van der Waals surface area contributed by atoms with Crippen LogP contribution in [0, 0.1) is 12.7 Å². The van der Waals surface area contributed by atoms with Gasteiger partial charge in [0.15, 0.2) is 5.69 Å². The Labute approximate surface area is 272 Å². The van der Waals surface area contributed by atoms with E-state index in [1.54, 1.807) is 56.6 Å². The van der Waals surface area contributed by atoms with Crippen molar-refractivity contribution in [3.8, 4) is 22.4 Å². The third kappa shape index (κ3) is 7.33. The van der Waals surface area contributed by atoms with Gasteiger partial charge in [-0.3, -0.25) is 9.38 Å². The number of imidazole rings is 1. The summed E-state index contributed by atoms with van der Waals surface area (Å²) >= 11 is 0. The number of H-pyrrole nitrogens is 1. The normalized spacial score (nSPS) is 12.0. The van der Waals surface area contributed by atoms with Crippen LogP contribution in [-0.2, 0) is 15.9 Å². The van der Waals surface area contributed by atoms with E-state index in [1.165, 1.54) is 12.3 Å². The summed E-state index contributed by atoms with van der Waals surface area (Å²) in [6, 6.07) is 19.7. The molecule has 9 nitrogen and oxygen atoms in total. The molecule has 0 bridgehead atoms. The molecule has 0 aliphatic carbocycles. The number of aromatic nitrogens is 4. The van der Waals surface area contributed by atoms with Gasteiger partial charge in [-0.1, -0.05) is 31.7 Å². The van der Waals surface area contributed by atoms with Crippen LogP contribution in [0.5, 0.6) is 0 Å². The van der Waals surface area contributed by atoms with Gasteiger partial charge in [0.1, 0.15) is 23.7 Å². The zero-order valence-corrected chi connectivity index (χ0v) is 26.0. The molecule has 4 heterocycles. The number of ether oxygens (including phenoxy) is 2. The molecular weight excluding hydrogens is 597 g/mol. The first-order valence-electron chi connectivity index (χ1n) is 15.0. The van der Waals surface area contributed by atoms with Gasteiger partial charge in [0, 0.05) is 46.2 Å². The number of para-hydroxylation sites is 1. The van der Waals surface area contributed by atoms with Crippen molar-refractivity contribution >= 4 is 28.6 Å². The Kier molecular flexibility index (Phi) is 9.41. The zero-order valence-electron chi connectivity index (χ0n) is 26.0. The maximum Gasteiger partial charge on any atom is 0.408 e. The first-order valence-corrected chi connectivity index (χ1v) is 15.0. The largest absolute Gasteiger partial charge is 0.459 e. The minimum absolute atomic E-state index is 0. The Morgan fingerprint density at radius 3 is 2.60 bits per heavy atom. The molecule has 0 radical (unpaired) electrons. The molecule has 1 atom stereocenters. The summed E-state index contributed by atoms with van der Waals surface area (Å²) in [4.78, 5) is 38.4. The number of benzene rings is 2. The lowest BCUT2D eigenvalue weighted by Crippen LogP contribution is -2.43. The van der Waals surface area contributed by atoms with Crippen LogP contribution in [0.4, 0.5) is 9.18 Å². The van der Waals surface area contributed by atoms with Crippen LogP contribution >= 0.6 is 0 Å². The summed E-state index contributed by atoms with van der Waals surface area (Å²) in [5.41, 5.74) is 5.61. The molecule has 47 heavy (non-hydrogen) atoms. The molecule has 0 aliphatic heterocycles. The Balaban J connectivity index is 0.00000433. The van der Waals surface area contributed by atoms with E-state index in [1.807, 2.05) is 54.7 Å². The first kappa shape index (κ1) is 32.9. The van der Waals surface area contributed by atoms with Crippen LogP contribution in [0.25, 0.3) is 38.9 Å². The van der Waals surface area contributed by atoms with Gasteiger partial charge < -0.3 is 19.8 Å². The van der Waals surface area contributed by atoms with E-state index in [2.05, 4.69) is 20.3 Å². The molecule has 0 aliphatic rings. The van der Waals surface area contributed by atoms with Gasteiger partial charge in [-0.05, 0) is 87.7 Å². The monoisotopic (exact) mass is 635 g/mol. The van der Waals surface area contributed by atoms with Crippen molar-refractivity contribution in [3.05, 3.63) is 114 Å². The summed E-state index contributed by atoms with van der Waals surface area (Å²) in [5.74, 6) is -0.880. The number of fused-ring (bicyclic) bond motifs is 2. The quantitative estimate of drug-likeness (QED) is 0.164. The molecule has 0 spiro atoms. The number of alkyl carbamates (subject to hydrolysis) is 1. The van der Waals surface area contributed by atoms with Crippen LogP contribution in [0.1, 0.15) is 49.8 Å². The number of aromatic amines is 1. The standard InChI is InChI=1S/C36H34FN5O4.CH4/c1-22-16-23(11-13-29(22)37)33-28(9-7-15-38-33)24-12-14-32-40-19-31(42(32)20-24)34(43)45-21-26(41-35(44)46-36(2,3)4)17-25-18-39-30-10-6-5-8-27(25)30;/h5-16,18-20,26,39H,17,21H2,1-4H3,(H,41,44);1H4/t26-;/m0./s1. The summed E-state index contributed by atoms with van der Waals surface area (Å²) in [5, 5.41) is 3.89. The van der Waals surface area contributed by atoms with Gasteiger partial charge in [-0.2, -0.15) is 0 Å². The molecule has 2 N–H and O–H groups in total. The second kappa shape index (κ2) is 13.5. The highest BCUT2D eigenvalue weighted by molar-refractivity contribution is 5.89. The molecule has 6 aromatic rings. The van der Waals surface area contributed by atoms with Gasteiger partial charge in [0.25, 0.3) is 0 Å². The maximum absolute atomic E-state index is 14.0. The van der Waals surface area contributed by atoms with Crippen LogP contribution in [0.3, 0.4) is 0 Å². The molecular formula is C37H38FN5O4. The van der Waals surface area contributed by atoms with E-state index in [0.29, 0.717) is 23.3 Å². The maximum atomic E-state index is 14.0. The number of rotatable bonds is 8. The third-order valence-corrected chi connectivity index (χ3v) is 7.54. The number of nitrogens with zero attached hydrogens (tertiary/aromatic N) is 3. The van der Waals surface area contributed by atoms with E-state index < -0.39 is 23.7 Å². The molecule has 0 unspecified atom stereocenters. The van der Waals surface area contributed by atoms with Crippen LogP contribution < -0.4 is 5.32 Å². The summed E-state index contributed by atoms with van der Waals surface area (Å²) in [6.07, 6.45) is 6.65. The molecule has 4 aromatic heterocycles. The number of carbonyl (C=O) groups is 2. The lowest BCUT2D eigenvalue weighted by atomic mass is 9.99. The van der Waals surface area contributed by atoms with Crippen LogP contribution in [-0.4, -0.2) is 49.7 Å². The van der Waals surface area contributed by atoms with Gasteiger partial charge in [-0.25, -0.2) is 19.0 Å². The van der Waals surface area contributed by atoms with Crippen molar-refractivity contribution in [3.63, 3.8) is 0 Å². The van der Waals surface area contributed by atoms with Crippen LogP contribution in [0.15, 0.2) is 91.5 Å². The fourth-order valence-corrected chi connectivity index (χ4v) is 5.39. The fourth-order valence-electron chi connectivity index (χ4n) is 5.39. The van der Waals surface area contributed by atoms with E-state index in [0.717, 1.165) is 33.2 Å². The van der Waals surface area contributed by atoms with E-state index >= 15 is 0 Å². The SMILES string of the molecule is C.Cc1cc(-c2ncccc2-c2ccc3ncc(C(=O)OC[C@H](Cc4c[nH]c5ccccc45)NC(=O)OC(C)(C)C)n3c2)ccc1F. The Morgan fingerprint density at radius 2 is 1.81 bits per heavy atom. The molecule has 242 valence electrons. The molecule has 2 aromatic carbocycles. The highest BCUT2D eigenvalue weighted by Crippen LogP contribution is 2.31. The number of nitrogens with one attached hydrogen (secondary N) is 2. The second-order valence-corrected chi connectivity index (χ2v) is 12.2. The lowest BCUT2D eigenvalue weighted by Gasteiger charge is -2.23. The number of halogens is 1. The number of amides is 1. The Morgan fingerprint density at radius 1 is 1.02 bits per heavy atom. The van der Waals surface area contributed by atoms with Gasteiger partial charge >= 0.3 is 12.1 Å². The fraction of sp³-hybridized carbons (Fsp3) is 0.243. The minimum Gasteiger partial charge on any atom is -0.459 e. The topological polar surface area (TPSA) is 111 Å². The van der Waals surface area contributed by atoms with Gasteiger partial charge in [0.05, 0.1) is 17.9 Å². The van der Waals surface area contributed by atoms with Crippen LogP contribution in [0.2, 0.25) is 0 Å². The average Bonchev–Trinajstić information content (AvgIpc) is 3.64. The lowest BCUT2D eigenvalue weighted by molar-refractivity contribution is 0.0365. The number of carbonyl (C=O) groups excluding carboxylic acids is 2. The first-order chi connectivity index (χ1) is 22.1. The minimum atomic E-state index is -0.690. The molecule has 0 fully saturated rings. The highest BCUT2D eigenvalue weighted by Gasteiger charge is 2.23. The summed E-state index contributed by atoms with van der Waals surface area (Å²) in [6.45, 7) is 6.98. The second-order valence-electron chi connectivity index (χ2n) is 12.2. The predicted octanol–water partition coefficient (Wildman–Crippen LogP) is 7.92. The third-order valence-electron chi connectivity index (χ3n) is 7.54. The van der Waals surface area contributed by atoms with Crippen molar-refractivity contribution in [2.75, 3.05) is 6.61 Å². The molecule has 6 rings (SSSR count). The number of pyridine rings is 2. The zero-order chi connectivity index (χ0) is 32.4. The number of hydrogen-bond acceptors (Lipinski definition) is 6. The summed E-state index contributed by atoms with van der Waals surface area (Å²) in [7, 11) is 0. The van der Waals surface area contributed by atoms with Crippen molar-refractivity contribution in [2.45, 2.75) is 53.2 Å². The van der Waals surface area contributed by atoms with E-state index in [9.17, 15) is 14.0 Å². The Bertz CT molecular complexity index is 2060. The van der Waals surface area contributed by atoms with E-state index in [4.69, 9.17) is 9.47 Å². The summed E-state index contributed by atoms with van der Waals surface area (Å²) < 4.78 is 26.9. The predicted molar refractivity (Wildman–Crippen MR) is 181 cm³/mol. The van der Waals surface area contributed by atoms with Gasteiger partial charge in [0.2, 0.25) is 0 Å². The van der Waals surface area contributed by atoms with Crippen molar-refractivity contribution in [1.82, 2.24) is 24.7 Å². The molecule has 10 heteroatoms. The smallest absolute Gasteiger partial charge is 0.408 e. The van der Waals surface area contributed by atoms with Crippen molar-refractivity contribution < 1.29 is 23.5 Å². The molecule has 0 saturated carbocycles. The van der Waals surface area contributed by atoms with Gasteiger partial charge in [-0.15, -0.1) is 0 Å². The number of hydrogen-bond donors (Lipinski definition) is 2. The van der Waals surface area contributed by atoms with Crippen molar-refractivity contribution in [1.29, 1.82) is 0 Å². The average molecular weight is 636 g/mol. The van der Waals surface area contributed by atoms with Crippen molar-refractivity contribution in [2.24, 2.45) is 0 Å². The van der Waals surface area contributed by atoms with E-state index in [-0.39, 0.29) is 25.5 Å². The highest BCUT2D eigenvalue weighted by atomic mass is 19.1.